The number of aryl methyl sites for hydroxylation is 1. The van der Waals surface area contributed by atoms with Crippen molar-refractivity contribution in [2.45, 2.75) is 52.0 Å². The summed E-state index contributed by atoms with van der Waals surface area (Å²) in [7, 11) is 0. The summed E-state index contributed by atoms with van der Waals surface area (Å²) < 4.78 is 5.73. The Labute approximate surface area is 172 Å². The summed E-state index contributed by atoms with van der Waals surface area (Å²) in [5.41, 5.74) is 4.33. The quantitative estimate of drug-likeness (QED) is 0.814. The predicted molar refractivity (Wildman–Crippen MR) is 113 cm³/mol. The number of piperazine rings is 1. The van der Waals surface area contributed by atoms with E-state index in [2.05, 4.69) is 43.1 Å². The highest BCUT2D eigenvalue weighted by atomic mass is 16.3. The summed E-state index contributed by atoms with van der Waals surface area (Å²) in [4.78, 5) is 28.9. The number of carbonyl (C=O) groups is 2. The molecule has 2 aliphatic rings. The molecule has 0 radical (unpaired) electrons. The van der Waals surface area contributed by atoms with Crippen molar-refractivity contribution in [2.75, 3.05) is 32.7 Å². The standard InChI is InChI=1S/C23H31N3O3/c1-15(2)19-12-20-17(14-29-21(20)10-16(19)3)11-23(28)26-8-6-25(7-9-26)13-22(27)24-18-4-5-18/h10,12,14-15,18H,4-9,11,13H2,1-3H3,(H,24,27). The molecule has 156 valence electrons. The summed E-state index contributed by atoms with van der Waals surface area (Å²) in [5, 5.41) is 4.07. The Morgan fingerprint density at radius 2 is 1.90 bits per heavy atom. The van der Waals surface area contributed by atoms with Gasteiger partial charge in [-0.1, -0.05) is 13.8 Å². The molecule has 2 aromatic rings. The molecule has 2 heterocycles. The number of nitrogens with one attached hydrogen (secondary N) is 1. The van der Waals surface area contributed by atoms with Gasteiger partial charge in [0.15, 0.2) is 0 Å². The molecule has 0 unspecified atom stereocenters. The van der Waals surface area contributed by atoms with Gasteiger partial charge in [0.05, 0.1) is 19.2 Å². The number of hydrogen-bond donors (Lipinski definition) is 1. The van der Waals surface area contributed by atoms with Gasteiger partial charge in [-0.2, -0.15) is 0 Å². The van der Waals surface area contributed by atoms with Gasteiger partial charge in [0.25, 0.3) is 0 Å². The Morgan fingerprint density at radius 3 is 2.55 bits per heavy atom. The van der Waals surface area contributed by atoms with E-state index in [1.165, 1.54) is 11.1 Å². The number of benzene rings is 1. The molecular weight excluding hydrogens is 366 g/mol. The number of amides is 2. The van der Waals surface area contributed by atoms with Crippen LogP contribution in [0.3, 0.4) is 0 Å². The maximum absolute atomic E-state index is 12.9. The molecule has 1 aromatic carbocycles. The van der Waals surface area contributed by atoms with E-state index in [0.29, 0.717) is 38.0 Å². The third-order valence-electron chi connectivity index (χ3n) is 6.04. The lowest BCUT2D eigenvalue weighted by Crippen LogP contribution is -2.51. The number of nitrogens with zero attached hydrogens (tertiary/aromatic N) is 2. The van der Waals surface area contributed by atoms with E-state index in [1.54, 1.807) is 6.26 Å². The van der Waals surface area contributed by atoms with Crippen LogP contribution >= 0.6 is 0 Å². The molecule has 0 atom stereocenters. The van der Waals surface area contributed by atoms with Gasteiger partial charge in [-0.15, -0.1) is 0 Å². The minimum Gasteiger partial charge on any atom is -0.464 e. The lowest BCUT2D eigenvalue weighted by molar-refractivity contribution is -0.132. The van der Waals surface area contributed by atoms with Crippen molar-refractivity contribution in [1.29, 1.82) is 0 Å². The Hall–Kier alpha value is -2.34. The van der Waals surface area contributed by atoms with Crippen LogP contribution in [-0.2, 0) is 16.0 Å². The molecule has 0 bridgehead atoms. The highest BCUT2D eigenvalue weighted by molar-refractivity contribution is 5.88. The molecule has 6 heteroatoms. The fourth-order valence-electron chi connectivity index (χ4n) is 4.14. The minimum absolute atomic E-state index is 0.105. The largest absolute Gasteiger partial charge is 0.464 e. The third kappa shape index (κ3) is 4.64. The highest BCUT2D eigenvalue weighted by Gasteiger charge is 2.26. The first kappa shape index (κ1) is 20.0. The number of furan rings is 1. The zero-order valence-corrected chi connectivity index (χ0v) is 17.7. The average Bonchev–Trinajstić information content (AvgIpc) is 3.41. The zero-order chi connectivity index (χ0) is 20.5. The van der Waals surface area contributed by atoms with Gasteiger partial charge in [0, 0.05) is 43.2 Å². The Morgan fingerprint density at radius 1 is 1.17 bits per heavy atom. The summed E-state index contributed by atoms with van der Waals surface area (Å²) in [6, 6.07) is 4.65. The topological polar surface area (TPSA) is 65.8 Å². The van der Waals surface area contributed by atoms with Crippen LogP contribution in [0.25, 0.3) is 11.0 Å². The maximum atomic E-state index is 12.9. The van der Waals surface area contributed by atoms with Crippen LogP contribution in [0.1, 0.15) is 49.3 Å². The number of carbonyl (C=O) groups excluding carboxylic acids is 2. The SMILES string of the molecule is Cc1cc2occ(CC(=O)N3CCN(CC(=O)NC4CC4)CC3)c2cc1C(C)C. The van der Waals surface area contributed by atoms with E-state index >= 15 is 0 Å². The van der Waals surface area contributed by atoms with Crippen molar-refractivity contribution in [3.05, 3.63) is 35.1 Å². The first-order chi connectivity index (χ1) is 13.9. The molecule has 29 heavy (non-hydrogen) atoms. The van der Waals surface area contributed by atoms with Gasteiger partial charge in [-0.3, -0.25) is 14.5 Å². The molecule has 1 aromatic heterocycles. The Bertz CT molecular complexity index is 905. The van der Waals surface area contributed by atoms with Gasteiger partial charge < -0.3 is 14.6 Å². The molecule has 1 aliphatic heterocycles. The molecule has 1 saturated heterocycles. The highest BCUT2D eigenvalue weighted by Crippen LogP contribution is 2.29. The van der Waals surface area contributed by atoms with Crippen molar-refractivity contribution >= 4 is 22.8 Å². The van der Waals surface area contributed by atoms with Crippen LogP contribution in [-0.4, -0.2) is 60.4 Å². The van der Waals surface area contributed by atoms with E-state index in [1.807, 2.05) is 4.90 Å². The van der Waals surface area contributed by atoms with E-state index in [-0.39, 0.29) is 11.8 Å². The Kier molecular flexibility index (Phi) is 5.63. The molecule has 2 amide bonds. The van der Waals surface area contributed by atoms with Crippen LogP contribution in [0.4, 0.5) is 0 Å². The lowest BCUT2D eigenvalue weighted by Gasteiger charge is -2.34. The first-order valence-electron chi connectivity index (χ1n) is 10.7. The van der Waals surface area contributed by atoms with Crippen LogP contribution in [0, 0.1) is 6.92 Å². The smallest absolute Gasteiger partial charge is 0.234 e. The van der Waals surface area contributed by atoms with Crippen molar-refractivity contribution < 1.29 is 14.0 Å². The summed E-state index contributed by atoms with van der Waals surface area (Å²) in [6.07, 6.45) is 4.30. The molecule has 1 N–H and O–H groups in total. The van der Waals surface area contributed by atoms with E-state index in [9.17, 15) is 9.59 Å². The molecule has 1 aliphatic carbocycles. The summed E-state index contributed by atoms with van der Waals surface area (Å²) >= 11 is 0. The van der Waals surface area contributed by atoms with Crippen molar-refractivity contribution in [3.63, 3.8) is 0 Å². The number of fused-ring (bicyclic) bond motifs is 1. The summed E-state index contributed by atoms with van der Waals surface area (Å²) in [5.74, 6) is 0.665. The van der Waals surface area contributed by atoms with Gasteiger partial charge in [-0.25, -0.2) is 0 Å². The van der Waals surface area contributed by atoms with Crippen molar-refractivity contribution in [3.8, 4) is 0 Å². The Balaban J connectivity index is 1.35. The third-order valence-corrected chi connectivity index (χ3v) is 6.04. The van der Waals surface area contributed by atoms with Crippen molar-refractivity contribution in [2.24, 2.45) is 0 Å². The molecule has 6 nitrogen and oxygen atoms in total. The molecule has 0 spiro atoms. The summed E-state index contributed by atoms with van der Waals surface area (Å²) in [6.45, 7) is 9.73. The molecule has 4 rings (SSSR count). The van der Waals surface area contributed by atoms with E-state index in [4.69, 9.17) is 4.42 Å². The minimum atomic E-state index is 0.105. The van der Waals surface area contributed by atoms with Crippen LogP contribution in [0.5, 0.6) is 0 Å². The van der Waals surface area contributed by atoms with Crippen LogP contribution in [0.2, 0.25) is 0 Å². The second-order valence-corrected chi connectivity index (χ2v) is 8.80. The van der Waals surface area contributed by atoms with Gasteiger partial charge >= 0.3 is 0 Å². The fraction of sp³-hybridized carbons (Fsp3) is 0.565. The predicted octanol–water partition coefficient (Wildman–Crippen LogP) is 2.83. The first-order valence-corrected chi connectivity index (χ1v) is 10.7. The lowest BCUT2D eigenvalue weighted by atomic mass is 9.95. The van der Waals surface area contributed by atoms with Gasteiger partial charge in [-0.05, 0) is 48.9 Å². The van der Waals surface area contributed by atoms with E-state index in [0.717, 1.165) is 42.5 Å². The number of rotatable bonds is 6. The van der Waals surface area contributed by atoms with Gasteiger partial charge in [0.1, 0.15) is 5.58 Å². The van der Waals surface area contributed by atoms with Crippen LogP contribution < -0.4 is 5.32 Å². The average molecular weight is 398 g/mol. The number of hydrogen-bond acceptors (Lipinski definition) is 4. The van der Waals surface area contributed by atoms with Crippen molar-refractivity contribution in [1.82, 2.24) is 15.1 Å². The van der Waals surface area contributed by atoms with Crippen LogP contribution in [0.15, 0.2) is 22.8 Å². The second-order valence-electron chi connectivity index (χ2n) is 8.80. The maximum Gasteiger partial charge on any atom is 0.234 e. The molecular formula is C23H31N3O3. The normalized spacial score (nSPS) is 17.9. The van der Waals surface area contributed by atoms with Gasteiger partial charge in [0.2, 0.25) is 11.8 Å². The second kappa shape index (κ2) is 8.19. The fourth-order valence-corrected chi connectivity index (χ4v) is 4.14. The molecule has 2 fully saturated rings. The molecule has 1 saturated carbocycles. The zero-order valence-electron chi connectivity index (χ0n) is 17.7. The van der Waals surface area contributed by atoms with E-state index < -0.39 is 0 Å². The monoisotopic (exact) mass is 397 g/mol.